The quantitative estimate of drug-likeness (QED) is 0.264. The summed E-state index contributed by atoms with van der Waals surface area (Å²) < 4.78 is 11.4. The van der Waals surface area contributed by atoms with Gasteiger partial charge in [-0.3, -0.25) is 9.59 Å². The van der Waals surface area contributed by atoms with Gasteiger partial charge in [-0.25, -0.2) is 0 Å². The van der Waals surface area contributed by atoms with Gasteiger partial charge in [0.2, 0.25) is 11.6 Å². The summed E-state index contributed by atoms with van der Waals surface area (Å²) in [6, 6.07) is 1.61. The lowest BCUT2D eigenvalue weighted by Crippen LogP contribution is -2.21. The van der Waals surface area contributed by atoms with Gasteiger partial charge in [-0.15, -0.1) is 0 Å². The number of Topliss-reactive ketones (excluding diaryl/α,β-unsaturated/α-hetero) is 2. The van der Waals surface area contributed by atoms with Crippen LogP contribution in [-0.4, -0.2) is 23.8 Å². The first-order valence-electron chi connectivity index (χ1n) is 12.2. The molecule has 32 heavy (non-hydrogen) atoms. The van der Waals surface area contributed by atoms with E-state index in [9.17, 15) is 14.7 Å². The lowest BCUT2D eigenvalue weighted by Gasteiger charge is -2.13. The van der Waals surface area contributed by atoms with Crippen molar-refractivity contribution in [3.05, 3.63) is 28.5 Å². The molecule has 1 aromatic carbocycles. The molecule has 0 spiro atoms. The van der Waals surface area contributed by atoms with E-state index in [0.717, 1.165) is 44.9 Å². The zero-order valence-corrected chi connectivity index (χ0v) is 19.7. The second-order valence-corrected chi connectivity index (χ2v) is 8.78. The van der Waals surface area contributed by atoms with Crippen molar-refractivity contribution in [3.8, 4) is 11.5 Å². The molecule has 0 unspecified atom stereocenters. The van der Waals surface area contributed by atoms with Gasteiger partial charge in [0.25, 0.3) is 0 Å². The molecule has 3 rings (SSSR count). The standard InChI is InChI=1S/C27H36O5/c1-4-6-8-10-12-14-18-16-20-24(27(30)25(18)28)23-19(15-13-11-9-7-5-2)26(29)22(31-3)17-21(23)32-20/h16-17,29H,4-15H2,1-3H3. The maximum atomic E-state index is 13.1. The molecule has 0 aliphatic heterocycles. The first-order valence-corrected chi connectivity index (χ1v) is 12.2. The summed E-state index contributed by atoms with van der Waals surface area (Å²) in [5.74, 6) is -0.189. The lowest BCUT2D eigenvalue weighted by molar-refractivity contribution is -0.112. The molecule has 1 N–H and O–H groups in total. The van der Waals surface area contributed by atoms with E-state index in [-0.39, 0.29) is 5.75 Å². The molecule has 0 saturated heterocycles. The van der Waals surface area contributed by atoms with Crippen molar-refractivity contribution in [2.45, 2.75) is 90.9 Å². The number of rotatable bonds is 13. The number of benzene rings is 1. The summed E-state index contributed by atoms with van der Waals surface area (Å²) in [6.45, 7) is 4.34. The average molecular weight is 441 g/mol. The number of unbranched alkanes of at least 4 members (excludes halogenated alkanes) is 8. The highest BCUT2D eigenvalue weighted by Crippen LogP contribution is 2.43. The maximum absolute atomic E-state index is 13.1. The Morgan fingerprint density at radius 2 is 1.50 bits per heavy atom. The third kappa shape index (κ3) is 5.08. The largest absolute Gasteiger partial charge is 0.504 e. The summed E-state index contributed by atoms with van der Waals surface area (Å²) in [5, 5.41) is 11.4. The smallest absolute Gasteiger partial charge is 0.237 e. The van der Waals surface area contributed by atoms with Crippen molar-refractivity contribution < 1.29 is 23.8 Å². The van der Waals surface area contributed by atoms with Crippen LogP contribution in [0.15, 0.2) is 16.1 Å². The van der Waals surface area contributed by atoms with E-state index in [0.29, 0.717) is 52.0 Å². The number of fused-ring (bicyclic) bond motifs is 3. The van der Waals surface area contributed by atoms with E-state index < -0.39 is 11.6 Å². The zero-order valence-electron chi connectivity index (χ0n) is 19.7. The minimum atomic E-state index is -0.526. The highest BCUT2D eigenvalue weighted by atomic mass is 16.5. The molecular weight excluding hydrogens is 404 g/mol. The number of furan rings is 1. The molecule has 1 aliphatic carbocycles. The van der Waals surface area contributed by atoms with Gasteiger partial charge in [0.15, 0.2) is 11.5 Å². The molecule has 5 heteroatoms. The van der Waals surface area contributed by atoms with Crippen LogP contribution in [-0.2, 0) is 11.2 Å². The van der Waals surface area contributed by atoms with Gasteiger partial charge in [0, 0.05) is 22.6 Å². The van der Waals surface area contributed by atoms with Crippen LogP contribution in [0.1, 0.15) is 106 Å². The van der Waals surface area contributed by atoms with E-state index in [1.807, 2.05) is 0 Å². The normalized spacial score (nSPS) is 13.5. The lowest BCUT2D eigenvalue weighted by atomic mass is 9.88. The molecule has 0 saturated carbocycles. The number of carbonyl (C=O) groups is 2. The molecule has 1 aromatic heterocycles. The van der Waals surface area contributed by atoms with Crippen molar-refractivity contribution in [1.29, 1.82) is 0 Å². The molecule has 1 heterocycles. The second-order valence-electron chi connectivity index (χ2n) is 8.78. The molecule has 1 aliphatic rings. The minimum absolute atomic E-state index is 0.0324. The number of aryl methyl sites for hydroxylation is 1. The van der Waals surface area contributed by atoms with E-state index >= 15 is 0 Å². The van der Waals surface area contributed by atoms with Gasteiger partial charge in [0.1, 0.15) is 11.3 Å². The fraction of sp³-hybridized carbons (Fsp3) is 0.556. The van der Waals surface area contributed by atoms with E-state index in [4.69, 9.17) is 9.15 Å². The van der Waals surface area contributed by atoms with Gasteiger partial charge < -0.3 is 14.3 Å². The molecule has 5 nitrogen and oxygen atoms in total. The van der Waals surface area contributed by atoms with Crippen molar-refractivity contribution in [1.82, 2.24) is 0 Å². The number of hydrogen-bond donors (Lipinski definition) is 1. The van der Waals surface area contributed by atoms with Gasteiger partial charge >= 0.3 is 0 Å². The molecule has 0 radical (unpaired) electrons. The fourth-order valence-corrected chi connectivity index (χ4v) is 4.54. The second kappa shape index (κ2) is 11.3. The number of phenolic OH excluding ortho intramolecular Hbond substituents is 1. The molecule has 0 atom stereocenters. The molecule has 2 aromatic rings. The fourth-order valence-electron chi connectivity index (χ4n) is 4.54. The van der Waals surface area contributed by atoms with Gasteiger partial charge in [-0.1, -0.05) is 65.2 Å². The Morgan fingerprint density at radius 3 is 2.12 bits per heavy atom. The summed E-state index contributed by atoms with van der Waals surface area (Å²) in [7, 11) is 1.50. The summed E-state index contributed by atoms with van der Waals surface area (Å²) >= 11 is 0. The Morgan fingerprint density at radius 1 is 0.875 bits per heavy atom. The summed E-state index contributed by atoms with van der Waals surface area (Å²) in [5.41, 5.74) is 1.94. The number of phenols is 1. The number of carbonyl (C=O) groups excluding carboxylic acids is 2. The maximum Gasteiger partial charge on any atom is 0.237 e. The highest BCUT2D eigenvalue weighted by Gasteiger charge is 2.34. The van der Waals surface area contributed by atoms with Crippen LogP contribution in [0, 0.1) is 0 Å². The van der Waals surface area contributed by atoms with Crippen molar-refractivity contribution in [3.63, 3.8) is 0 Å². The number of ketones is 2. The first kappa shape index (κ1) is 24.1. The number of methoxy groups -OCH3 is 1. The Kier molecular flexibility index (Phi) is 8.54. The van der Waals surface area contributed by atoms with Gasteiger partial charge in [-0.2, -0.15) is 0 Å². The Bertz CT molecular complexity index is 995. The van der Waals surface area contributed by atoms with Gasteiger partial charge in [-0.05, 0) is 31.8 Å². The van der Waals surface area contributed by atoms with Crippen LogP contribution >= 0.6 is 0 Å². The van der Waals surface area contributed by atoms with Crippen molar-refractivity contribution in [2.24, 2.45) is 0 Å². The highest BCUT2D eigenvalue weighted by molar-refractivity contribution is 6.53. The topological polar surface area (TPSA) is 76.7 Å². The van der Waals surface area contributed by atoms with Crippen LogP contribution in [0.25, 0.3) is 17.0 Å². The number of allylic oxidation sites excluding steroid dienone is 1. The minimum Gasteiger partial charge on any atom is -0.504 e. The van der Waals surface area contributed by atoms with Crippen LogP contribution in [0.3, 0.4) is 0 Å². The molecule has 0 bridgehead atoms. The van der Waals surface area contributed by atoms with Crippen LogP contribution < -0.4 is 4.74 Å². The number of ether oxygens (including phenoxy) is 1. The molecule has 0 fully saturated rings. The van der Waals surface area contributed by atoms with Crippen LogP contribution in [0.5, 0.6) is 11.5 Å². The van der Waals surface area contributed by atoms with E-state index in [2.05, 4.69) is 13.8 Å². The third-order valence-electron chi connectivity index (χ3n) is 6.38. The van der Waals surface area contributed by atoms with Crippen molar-refractivity contribution >= 4 is 28.6 Å². The zero-order chi connectivity index (χ0) is 23.1. The van der Waals surface area contributed by atoms with Crippen LogP contribution in [0.2, 0.25) is 0 Å². The third-order valence-corrected chi connectivity index (χ3v) is 6.38. The number of aromatic hydroxyl groups is 1. The predicted molar refractivity (Wildman–Crippen MR) is 128 cm³/mol. The first-order chi connectivity index (χ1) is 15.5. The Balaban J connectivity index is 1.94. The molecule has 0 amide bonds. The van der Waals surface area contributed by atoms with E-state index in [1.54, 1.807) is 12.1 Å². The predicted octanol–water partition coefficient (Wildman–Crippen LogP) is 7.17. The van der Waals surface area contributed by atoms with E-state index in [1.165, 1.54) is 26.4 Å². The van der Waals surface area contributed by atoms with Gasteiger partial charge in [0.05, 0.1) is 12.7 Å². The number of hydrogen-bond acceptors (Lipinski definition) is 5. The Hall–Kier alpha value is -2.56. The molecular formula is C27H36O5. The summed E-state index contributed by atoms with van der Waals surface area (Å²) in [6.07, 6.45) is 13.8. The Labute approximate surface area is 190 Å². The average Bonchev–Trinajstić information content (AvgIpc) is 3.15. The molecule has 174 valence electrons. The SMILES string of the molecule is CCCCCCCC1=Cc2oc3cc(OC)c(O)c(CCCCCCC)c3c2C(=O)C1=O. The monoisotopic (exact) mass is 440 g/mol. The van der Waals surface area contributed by atoms with Crippen molar-refractivity contribution in [2.75, 3.05) is 7.11 Å². The van der Waals surface area contributed by atoms with Crippen LogP contribution in [0.4, 0.5) is 0 Å². The summed E-state index contributed by atoms with van der Waals surface area (Å²) in [4.78, 5) is 26.0.